The molecule has 0 N–H and O–H groups in total. The van der Waals surface area contributed by atoms with Gasteiger partial charge in [-0.2, -0.15) is 0 Å². The molecule has 0 aromatic carbocycles. The summed E-state index contributed by atoms with van der Waals surface area (Å²) >= 11 is 0. The molecule has 0 aromatic rings. The highest BCUT2D eigenvalue weighted by atomic mass is 14.2. The van der Waals surface area contributed by atoms with E-state index in [1.165, 1.54) is 44.9 Å². The van der Waals surface area contributed by atoms with Gasteiger partial charge in [0, 0.05) is 0 Å². The fraction of sp³-hybridized carbons (Fsp3) is 0.692. The predicted octanol–water partition coefficient (Wildman–Crippen LogP) is 4.09. The molecule has 2 aliphatic rings. The standard InChI is InChI=1S/C13H20/c1-2-5-9-12(8-4-1)13-10-6-3-7-11-13/h1,4,6,10,12-13H,2-3,5,7-9,11H2. The van der Waals surface area contributed by atoms with Crippen molar-refractivity contribution in [1.82, 2.24) is 0 Å². The lowest BCUT2D eigenvalue weighted by Gasteiger charge is -2.25. The van der Waals surface area contributed by atoms with Crippen LogP contribution in [0.2, 0.25) is 0 Å². The Balaban J connectivity index is 1.93. The van der Waals surface area contributed by atoms with E-state index in [1.807, 2.05) is 0 Å². The Hall–Kier alpha value is -0.520. The first kappa shape index (κ1) is 9.05. The molecule has 2 unspecified atom stereocenters. The quantitative estimate of drug-likeness (QED) is 0.528. The van der Waals surface area contributed by atoms with E-state index in [-0.39, 0.29) is 0 Å². The van der Waals surface area contributed by atoms with Crippen molar-refractivity contribution in [3.05, 3.63) is 24.3 Å². The van der Waals surface area contributed by atoms with Gasteiger partial charge >= 0.3 is 0 Å². The minimum atomic E-state index is 0.900. The molecule has 0 aromatic heterocycles. The topological polar surface area (TPSA) is 0 Å². The Bertz CT molecular complexity index is 200. The maximum Gasteiger partial charge on any atom is -0.0202 e. The van der Waals surface area contributed by atoms with Crippen molar-refractivity contribution in [1.29, 1.82) is 0 Å². The van der Waals surface area contributed by atoms with E-state index in [4.69, 9.17) is 0 Å². The second-order valence-electron chi connectivity index (χ2n) is 4.42. The fourth-order valence-corrected chi connectivity index (χ4v) is 2.62. The van der Waals surface area contributed by atoms with Crippen LogP contribution in [0, 0.1) is 11.8 Å². The summed E-state index contributed by atoms with van der Waals surface area (Å²) < 4.78 is 0. The zero-order valence-corrected chi connectivity index (χ0v) is 8.41. The van der Waals surface area contributed by atoms with E-state index >= 15 is 0 Å². The Morgan fingerprint density at radius 1 is 0.846 bits per heavy atom. The van der Waals surface area contributed by atoms with Crippen molar-refractivity contribution < 1.29 is 0 Å². The van der Waals surface area contributed by atoms with Gasteiger partial charge in [-0.15, -0.1) is 0 Å². The second kappa shape index (κ2) is 4.64. The average molecular weight is 176 g/mol. The van der Waals surface area contributed by atoms with E-state index in [0.717, 1.165) is 11.8 Å². The van der Waals surface area contributed by atoms with Gasteiger partial charge in [-0.1, -0.05) is 24.3 Å². The molecule has 2 aliphatic carbocycles. The average Bonchev–Trinajstić information content (AvgIpc) is 2.47. The van der Waals surface area contributed by atoms with Crippen LogP contribution in [0.5, 0.6) is 0 Å². The summed E-state index contributed by atoms with van der Waals surface area (Å²) in [5.41, 5.74) is 0. The molecule has 0 fully saturated rings. The molecule has 72 valence electrons. The molecule has 2 rings (SSSR count). The molecule has 2 atom stereocenters. The lowest BCUT2D eigenvalue weighted by molar-refractivity contribution is 0.338. The number of rotatable bonds is 1. The van der Waals surface area contributed by atoms with Gasteiger partial charge in [0.05, 0.1) is 0 Å². The molecule has 0 amide bonds. The van der Waals surface area contributed by atoms with E-state index in [0.29, 0.717) is 0 Å². The van der Waals surface area contributed by atoms with E-state index < -0.39 is 0 Å². The van der Waals surface area contributed by atoms with Crippen LogP contribution in [-0.2, 0) is 0 Å². The Labute approximate surface area is 81.7 Å². The second-order valence-corrected chi connectivity index (χ2v) is 4.42. The van der Waals surface area contributed by atoms with Crippen LogP contribution < -0.4 is 0 Å². The smallest absolute Gasteiger partial charge is 0.0202 e. The van der Waals surface area contributed by atoms with Crippen molar-refractivity contribution in [3.8, 4) is 0 Å². The summed E-state index contributed by atoms with van der Waals surface area (Å²) in [6.45, 7) is 0. The molecule has 0 saturated carbocycles. The Morgan fingerprint density at radius 3 is 2.54 bits per heavy atom. The third-order valence-electron chi connectivity index (χ3n) is 3.45. The molecule has 0 radical (unpaired) electrons. The summed E-state index contributed by atoms with van der Waals surface area (Å²) in [7, 11) is 0. The van der Waals surface area contributed by atoms with Gasteiger partial charge in [-0.3, -0.25) is 0 Å². The number of allylic oxidation sites excluding steroid dienone is 4. The van der Waals surface area contributed by atoms with Crippen molar-refractivity contribution in [2.75, 3.05) is 0 Å². The van der Waals surface area contributed by atoms with Crippen LogP contribution in [-0.4, -0.2) is 0 Å². The maximum atomic E-state index is 2.48. The summed E-state index contributed by atoms with van der Waals surface area (Å²) in [4.78, 5) is 0. The number of hydrogen-bond acceptors (Lipinski definition) is 0. The summed E-state index contributed by atoms with van der Waals surface area (Å²) in [6.07, 6.45) is 19.3. The van der Waals surface area contributed by atoms with Gasteiger partial charge < -0.3 is 0 Å². The van der Waals surface area contributed by atoms with Gasteiger partial charge in [0.25, 0.3) is 0 Å². The first-order valence-corrected chi connectivity index (χ1v) is 5.78. The SMILES string of the molecule is C1=CC(C2CC=CCCC2)CCC1. The van der Waals surface area contributed by atoms with Crippen LogP contribution in [0.25, 0.3) is 0 Å². The third kappa shape index (κ3) is 2.46. The molecular formula is C13H20. The highest BCUT2D eigenvalue weighted by molar-refractivity contribution is 4.99. The maximum absolute atomic E-state index is 2.48. The van der Waals surface area contributed by atoms with Crippen LogP contribution >= 0.6 is 0 Å². The minimum Gasteiger partial charge on any atom is -0.0885 e. The van der Waals surface area contributed by atoms with Crippen LogP contribution in [0.15, 0.2) is 24.3 Å². The molecular weight excluding hydrogens is 156 g/mol. The molecule has 0 aliphatic heterocycles. The number of hydrogen-bond donors (Lipinski definition) is 0. The van der Waals surface area contributed by atoms with Gasteiger partial charge in [-0.05, 0) is 56.8 Å². The third-order valence-corrected chi connectivity index (χ3v) is 3.45. The van der Waals surface area contributed by atoms with Crippen molar-refractivity contribution >= 4 is 0 Å². The molecule has 13 heavy (non-hydrogen) atoms. The van der Waals surface area contributed by atoms with Crippen LogP contribution in [0.4, 0.5) is 0 Å². The first-order chi connectivity index (χ1) is 6.47. The van der Waals surface area contributed by atoms with E-state index in [1.54, 1.807) is 0 Å². The highest BCUT2D eigenvalue weighted by Gasteiger charge is 2.19. The van der Waals surface area contributed by atoms with Crippen LogP contribution in [0.1, 0.15) is 44.9 Å². The van der Waals surface area contributed by atoms with Crippen molar-refractivity contribution in [2.24, 2.45) is 11.8 Å². The van der Waals surface area contributed by atoms with E-state index in [2.05, 4.69) is 24.3 Å². The zero-order chi connectivity index (χ0) is 8.93. The summed E-state index contributed by atoms with van der Waals surface area (Å²) in [5, 5.41) is 0. The Morgan fingerprint density at radius 2 is 1.69 bits per heavy atom. The van der Waals surface area contributed by atoms with Crippen LogP contribution in [0.3, 0.4) is 0 Å². The van der Waals surface area contributed by atoms with Crippen molar-refractivity contribution in [3.63, 3.8) is 0 Å². The molecule has 0 heteroatoms. The molecule has 0 spiro atoms. The van der Waals surface area contributed by atoms with Crippen molar-refractivity contribution in [2.45, 2.75) is 44.9 Å². The lowest BCUT2D eigenvalue weighted by Crippen LogP contribution is -2.13. The van der Waals surface area contributed by atoms with Gasteiger partial charge in [0.1, 0.15) is 0 Å². The van der Waals surface area contributed by atoms with Gasteiger partial charge in [0.15, 0.2) is 0 Å². The molecule has 0 saturated heterocycles. The molecule has 0 nitrogen and oxygen atoms in total. The zero-order valence-electron chi connectivity index (χ0n) is 8.41. The Kier molecular flexibility index (Phi) is 3.23. The van der Waals surface area contributed by atoms with Gasteiger partial charge in [0.2, 0.25) is 0 Å². The normalized spacial score (nSPS) is 34.5. The first-order valence-electron chi connectivity index (χ1n) is 5.78. The minimum absolute atomic E-state index is 0.900. The van der Waals surface area contributed by atoms with E-state index in [9.17, 15) is 0 Å². The monoisotopic (exact) mass is 176 g/mol. The predicted molar refractivity (Wildman–Crippen MR) is 57.6 cm³/mol. The fourth-order valence-electron chi connectivity index (χ4n) is 2.62. The molecule has 0 heterocycles. The largest absolute Gasteiger partial charge is 0.0885 e. The lowest BCUT2D eigenvalue weighted by atomic mass is 9.81. The summed E-state index contributed by atoms with van der Waals surface area (Å²) in [6, 6.07) is 0. The van der Waals surface area contributed by atoms with Gasteiger partial charge in [-0.25, -0.2) is 0 Å². The highest BCUT2D eigenvalue weighted by Crippen LogP contribution is 2.32. The molecule has 0 bridgehead atoms. The summed E-state index contributed by atoms with van der Waals surface area (Å²) in [5.74, 6) is 1.85.